The van der Waals surface area contributed by atoms with Crippen molar-refractivity contribution in [3.63, 3.8) is 0 Å². The molecular formula is C36H54O4. The molecule has 2 atom stereocenters. The Balaban J connectivity index is 1.89. The molecule has 0 radical (unpaired) electrons. The van der Waals surface area contributed by atoms with Crippen LogP contribution >= 0.6 is 0 Å². The summed E-state index contributed by atoms with van der Waals surface area (Å²) in [5.74, 6) is 1.57. The highest BCUT2D eigenvalue weighted by atomic mass is 16.5. The van der Waals surface area contributed by atoms with E-state index in [-0.39, 0.29) is 11.9 Å². The third-order valence-electron chi connectivity index (χ3n) is 7.39. The van der Waals surface area contributed by atoms with Gasteiger partial charge in [-0.3, -0.25) is 9.59 Å². The van der Waals surface area contributed by atoms with Crippen molar-refractivity contribution in [3.05, 3.63) is 71.8 Å². The van der Waals surface area contributed by atoms with Gasteiger partial charge in [-0.25, -0.2) is 0 Å². The standard InChI is InChI=1S/C36H54O4/c1-29(2)27-39-35(37)25-17-7-5-15-23-33(31-19-11-9-12-20-31)34(32-21-13-10-14-22-32)24-16-6-8-18-26-36(38)40-28-30(3)4/h9-14,19-22,29-30,33-34H,5-8,15-18,23-28H2,1-4H3. The van der Waals surface area contributed by atoms with Gasteiger partial charge in [0.05, 0.1) is 13.2 Å². The van der Waals surface area contributed by atoms with Gasteiger partial charge < -0.3 is 9.47 Å². The lowest BCUT2D eigenvalue weighted by atomic mass is 9.76. The summed E-state index contributed by atoms with van der Waals surface area (Å²) in [5, 5.41) is 0. The smallest absolute Gasteiger partial charge is 0.305 e. The molecule has 4 heteroatoms. The van der Waals surface area contributed by atoms with Crippen molar-refractivity contribution in [2.75, 3.05) is 13.2 Å². The molecule has 4 nitrogen and oxygen atoms in total. The highest BCUT2D eigenvalue weighted by molar-refractivity contribution is 5.69. The minimum absolute atomic E-state index is 0.0625. The van der Waals surface area contributed by atoms with Crippen LogP contribution in [0.5, 0.6) is 0 Å². The second kappa shape index (κ2) is 20.3. The van der Waals surface area contributed by atoms with Crippen LogP contribution in [0.4, 0.5) is 0 Å². The van der Waals surface area contributed by atoms with Crippen LogP contribution in [0.1, 0.15) is 128 Å². The van der Waals surface area contributed by atoms with E-state index in [1.54, 1.807) is 0 Å². The minimum Gasteiger partial charge on any atom is -0.465 e. The lowest BCUT2D eigenvalue weighted by Crippen LogP contribution is -2.12. The summed E-state index contributed by atoms with van der Waals surface area (Å²) in [6, 6.07) is 22.0. The van der Waals surface area contributed by atoms with Gasteiger partial charge in [0.2, 0.25) is 0 Å². The summed E-state index contributed by atoms with van der Waals surface area (Å²) in [6.07, 6.45) is 11.8. The molecule has 0 aliphatic carbocycles. The Hall–Kier alpha value is -2.62. The van der Waals surface area contributed by atoms with E-state index in [2.05, 4.69) is 88.4 Å². The fraction of sp³-hybridized carbons (Fsp3) is 0.611. The van der Waals surface area contributed by atoms with Crippen LogP contribution < -0.4 is 0 Å². The predicted octanol–water partition coefficient (Wildman–Crippen LogP) is 9.63. The molecule has 0 saturated carbocycles. The number of esters is 2. The van der Waals surface area contributed by atoms with E-state index in [0.29, 0.717) is 49.7 Å². The molecule has 0 aliphatic heterocycles. The van der Waals surface area contributed by atoms with E-state index in [0.717, 1.165) is 64.2 Å². The number of carbonyl (C=O) groups is 2. The van der Waals surface area contributed by atoms with E-state index in [9.17, 15) is 9.59 Å². The van der Waals surface area contributed by atoms with Gasteiger partial charge in [-0.15, -0.1) is 0 Å². The molecule has 0 fully saturated rings. The zero-order chi connectivity index (χ0) is 29.0. The SMILES string of the molecule is CC(C)COC(=O)CCCCCCC(c1ccccc1)C(CCCCCCC(=O)OCC(C)C)c1ccccc1. The van der Waals surface area contributed by atoms with Crippen LogP contribution in [0, 0.1) is 11.8 Å². The van der Waals surface area contributed by atoms with Crippen LogP contribution in [-0.2, 0) is 19.1 Å². The highest BCUT2D eigenvalue weighted by Crippen LogP contribution is 2.40. The third kappa shape index (κ3) is 14.7. The summed E-state index contributed by atoms with van der Waals surface area (Å²) in [4.78, 5) is 23.9. The van der Waals surface area contributed by atoms with Crippen molar-refractivity contribution in [2.24, 2.45) is 11.8 Å². The molecule has 222 valence electrons. The first kappa shape index (κ1) is 33.6. The Kier molecular flexibility index (Phi) is 17.0. The molecule has 2 unspecified atom stereocenters. The van der Waals surface area contributed by atoms with Crippen molar-refractivity contribution in [1.29, 1.82) is 0 Å². The summed E-state index contributed by atoms with van der Waals surface area (Å²) in [5.41, 5.74) is 2.84. The Morgan fingerprint density at radius 2 is 0.875 bits per heavy atom. The number of unbranched alkanes of at least 4 members (excludes halogenated alkanes) is 6. The molecule has 0 aliphatic rings. The van der Waals surface area contributed by atoms with Gasteiger partial charge in [-0.05, 0) is 60.5 Å². The topological polar surface area (TPSA) is 52.6 Å². The van der Waals surface area contributed by atoms with Crippen LogP contribution in [0.2, 0.25) is 0 Å². The maximum Gasteiger partial charge on any atom is 0.305 e. The minimum atomic E-state index is -0.0625. The summed E-state index contributed by atoms with van der Waals surface area (Å²) >= 11 is 0. The third-order valence-corrected chi connectivity index (χ3v) is 7.39. The number of ether oxygens (including phenoxy) is 2. The van der Waals surface area contributed by atoms with Crippen molar-refractivity contribution >= 4 is 11.9 Å². The van der Waals surface area contributed by atoms with Crippen molar-refractivity contribution in [1.82, 2.24) is 0 Å². The molecule has 0 bridgehead atoms. The zero-order valence-electron chi connectivity index (χ0n) is 25.6. The van der Waals surface area contributed by atoms with Gasteiger partial charge in [-0.2, -0.15) is 0 Å². The Bertz CT molecular complexity index is 845. The fourth-order valence-corrected chi connectivity index (χ4v) is 5.24. The monoisotopic (exact) mass is 550 g/mol. The second-order valence-electron chi connectivity index (χ2n) is 12.1. The number of hydrogen-bond donors (Lipinski definition) is 0. The van der Waals surface area contributed by atoms with E-state index < -0.39 is 0 Å². The maximum atomic E-state index is 11.9. The van der Waals surface area contributed by atoms with Gasteiger partial charge in [0.1, 0.15) is 0 Å². The molecule has 0 N–H and O–H groups in total. The highest BCUT2D eigenvalue weighted by Gasteiger charge is 2.24. The van der Waals surface area contributed by atoms with Crippen LogP contribution in [0.15, 0.2) is 60.7 Å². The average Bonchev–Trinajstić information content (AvgIpc) is 2.95. The average molecular weight is 551 g/mol. The molecular weight excluding hydrogens is 496 g/mol. The fourth-order valence-electron chi connectivity index (χ4n) is 5.24. The second-order valence-corrected chi connectivity index (χ2v) is 12.1. The van der Waals surface area contributed by atoms with Crippen LogP contribution in [0.3, 0.4) is 0 Å². The first-order chi connectivity index (χ1) is 19.4. The van der Waals surface area contributed by atoms with E-state index >= 15 is 0 Å². The Labute approximate surface area is 244 Å². The summed E-state index contributed by atoms with van der Waals surface area (Å²) in [7, 11) is 0. The van der Waals surface area contributed by atoms with Gasteiger partial charge in [0.25, 0.3) is 0 Å². The predicted molar refractivity (Wildman–Crippen MR) is 165 cm³/mol. The molecule has 0 spiro atoms. The largest absolute Gasteiger partial charge is 0.465 e. The van der Waals surface area contributed by atoms with Gasteiger partial charge >= 0.3 is 11.9 Å². The van der Waals surface area contributed by atoms with E-state index in [4.69, 9.17) is 9.47 Å². The summed E-state index contributed by atoms with van der Waals surface area (Å²) < 4.78 is 10.6. The lowest BCUT2D eigenvalue weighted by molar-refractivity contribution is -0.145. The number of rotatable bonds is 21. The van der Waals surface area contributed by atoms with Gasteiger partial charge in [0, 0.05) is 12.8 Å². The first-order valence-corrected chi connectivity index (χ1v) is 15.8. The first-order valence-electron chi connectivity index (χ1n) is 15.8. The molecule has 2 rings (SSSR count). The Morgan fingerprint density at radius 1 is 0.525 bits per heavy atom. The quantitative estimate of drug-likeness (QED) is 0.115. The number of carbonyl (C=O) groups excluding carboxylic acids is 2. The van der Waals surface area contributed by atoms with Crippen LogP contribution in [-0.4, -0.2) is 25.2 Å². The molecule has 2 aromatic rings. The zero-order valence-corrected chi connectivity index (χ0v) is 25.6. The molecule has 40 heavy (non-hydrogen) atoms. The molecule has 0 heterocycles. The molecule has 0 aromatic heterocycles. The van der Waals surface area contributed by atoms with E-state index in [1.165, 1.54) is 11.1 Å². The lowest BCUT2D eigenvalue weighted by Gasteiger charge is -2.29. The van der Waals surface area contributed by atoms with Crippen molar-refractivity contribution in [2.45, 2.75) is 117 Å². The van der Waals surface area contributed by atoms with E-state index in [1.807, 2.05) is 0 Å². The van der Waals surface area contributed by atoms with Gasteiger partial charge in [-0.1, -0.05) is 127 Å². The van der Waals surface area contributed by atoms with Gasteiger partial charge in [0.15, 0.2) is 0 Å². The molecule has 0 saturated heterocycles. The Morgan fingerprint density at radius 3 is 1.23 bits per heavy atom. The normalized spacial score (nSPS) is 12.8. The summed E-state index contributed by atoms with van der Waals surface area (Å²) in [6.45, 7) is 9.28. The van der Waals surface area contributed by atoms with Crippen molar-refractivity contribution < 1.29 is 19.1 Å². The van der Waals surface area contributed by atoms with Crippen LogP contribution in [0.25, 0.3) is 0 Å². The molecule has 2 aromatic carbocycles. The van der Waals surface area contributed by atoms with Crippen molar-refractivity contribution in [3.8, 4) is 0 Å². The maximum absolute atomic E-state index is 11.9. The number of benzene rings is 2. The molecule has 0 amide bonds. The number of hydrogen-bond acceptors (Lipinski definition) is 4.